The molecule has 2 rings (SSSR count). The van der Waals surface area contributed by atoms with E-state index >= 15 is 0 Å². The van der Waals surface area contributed by atoms with E-state index in [0.29, 0.717) is 10.2 Å². The molecule has 2 aromatic heterocycles. The summed E-state index contributed by atoms with van der Waals surface area (Å²) < 4.78 is 0.664. The average molecular weight is 214 g/mol. The van der Waals surface area contributed by atoms with E-state index in [1.807, 2.05) is 0 Å². The van der Waals surface area contributed by atoms with E-state index in [2.05, 4.69) is 4.98 Å². The molecule has 0 unspecified atom stereocenters. The topological polar surface area (TPSA) is 50.2 Å². The summed E-state index contributed by atoms with van der Waals surface area (Å²) in [5, 5.41) is 10.8. The second kappa shape index (κ2) is 2.97. The zero-order valence-corrected chi connectivity index (χ0v) is 7.89. The van der Waals surface area contributed by atoms with E-state index in [-0.39, 0.29) is 10.7 Å². The maximum Gasteiger partial charge on any atom is 0.337 e. The number of halogens is 1. The molecule has 0 saturated heterocycles. The summed E-state index contributed by atoms with van der Waals surface area (Å²) in [7, 11) is 0. The van der Waals surface area contributed by atoms with Crippen molar-refractivity contribution in [3.05, 3.63) is 28.2 Å². The molecule has 0 aliphatic carbocycles. The van der Waals surface area contributed by atoms with Crippen LogP contribution in [0.25, 0.3) is 10.2 Å². The monoisotopic (exact) mass is 213 g/mol. The summed E-state index contributed by atoms with van der Waals surface area (Å²) in [6.45, 7) is 0. The molecular formula is C8H4ClNO2S. The minimum Gasteiger partial charge on any atom is -0.478 e. The Balaban J connectivity index is 2.84. The molecule has 13 heavy (non-hydrogen) atoms. The lowest BCUT2D eigenvalue weighted by molar-refractivity contribution is 0.0699. The molecule has 0 atom stereocenters. The Bertz CT molecular complexity index is 480. The number of nitrogens with zero attached hydrogens (tertiary/aromatic N) is 1. The van der Waals surface area contributed by atoms with Crippen LogP contribution in [0.3, 0.4) is 0 Å². The second-order valence-electron chi connectivity index (χ2n) is 2.43. The molecule has 0 aromatic carbocycles. The molecule has 66 valence electrons. The fraction of sp³-hybridized carbons (Fsp3) is 0. The molecule has 0 spiro atoms. The van der Waals surface area contributed by atoms with Crippen LogP contribution in [-0.4, -0.2) is 16.1 Å². The van der Waals surface area contributed by atoms with Crippen LogP contribution in [0.15, 0.2) is 17.5 Å². The minimum absolute atomic E-state index is 0.211. The lowest BCUT2D eigenvalue weighted by Crippen LogP contribution is -1.96. The summed E-state index contributed by atoms with van der Waals surface area (Å²) in [4.78, 5) is 14.8. The number of aromatic carboxylic acids is 1. The second-order valence-corrected chi connectivity index (χ2v) is 3.74. The van der Waals surface area contributed by atoms with E-state index in [4.69, 9.17) is 16.7 Å². The van der Waals surface area contributed by atoms with E-state index in [1.165, 1.54) is 17.4 Å². The number of rotatable bonds is 1. The van der Waals surface area contributed by atoms with Crippen LogP contribution in [-0.2, 0) is 0 Å². The zero-order chi connectivity index (χ0) is 9.42. The van der Waals surface area contributed by atoms with Gasteiger partial charge >= 0.3 is 5.97 Å². The number of carboxylic acid groups (broad SMARTS) is 1. The fourth-order valence-corrected chi connectivity index (χ4v) is 2.12. The summed E-state index contributed by atoms with van der Waals surface area (Å²) in [6.07, 6.45) is 0. The lowest BCUT2D eigenvalue weighted by Gasteiger charge is -1.96. The number of carbonyl (C=O) groups is 1. The maximum absolute atomic E-state index is 10.8. The van der Waals surface area contributed by atoms with Crippen LogP contribution in [0, 0.1) is 0 Å². The molecule has 0 aliphatic rings. The summed E-state index contributed by atoms with van der Waals surface area (Å²) in [6, 6.07) is 3.11. The van der Waals surface area contributed by atoms with Gasteiger partial charge in [0.25, 0.3) is 0 Å². The molecule has 0 amide bonds. The lowest BCUT2D eigenvalue weighted by atomic mass is 10.2. The van der Waals surface area contributed by atoms with Gasteiger partial charge in [-0.15, -0.1) is 11.3 Å². The van der Waals surface area contributed by atoms with E-state index < -0.39 is 5.97 Å². The van der Waals surface area contributed by atoms with E-state index in [0.717, 1.165) is 0 Å². The van der Waals surface area contributed by atoms with Crippen molar-refractivity contribution in [2.45, 2.75) is 0 Å². The smallest absolute Gasteiger partial charge is 0.337 e. The van der Waals surface area contributed by atoms with Crippen molar-refractivity contribution in [1.82, 2.24) is 4.98 Å². The highest BCUT2D eigenvalue weighted by Crippen LogP contribution is 2.25. The molecule has 0 saturated carbocycles. The first-order valence-electron chi connectivity index (χ1n) is 3.45. The van der Waals surface area contributed by atoms with Crippen molar-refractivity contribution in [3.8, 4) is 0 Å². The molecule has 0 fully saturated rings. The normalized spacial score (nSPS) is 10.5. The Morgan fingerprint density at radius 1 is 1.62 bits per heavy atom. The Kier molecular flexibility index (Phi) is 1.94. The largest absolute Gasteiger partial charge is 0.478 e. The molecule has 0 radical (unpaired) electrons. The van der Waals surface area contributed by atoms with Gasteiger partial charge in [0.2, 0.25) is 0 Å². The Hall–Kier alpha value is -1.13. The zero-order valence-electron chi connectivity index (χ0n) is 6.32. The quantitative estimate of drug-likeness (QED) is 0.741. The van der Waals surface area contributed by atoms with Crippen molar-refractivity contribution in [1.29, 1.82) is 0 Å². The van der Waals surface area contributed by atoms with Crippen LogP contribution in [0.4, 0.5) is 0 Å². The van der Waals surface area contributed by atoms with Crippen LogP contribution < -0.4 is 0 Å². The predicted octanol–water partition coefficient (Wildman–Crippen LogP) is 2.65. The molecular weight excluding hydrogens is 210 g/mol. The van der Waals surface area contributed by atoms with Crippen molar-refractivity contribution in [3.63, 3.8) is 0 Å². The van der Waals surface area contributed by atoms with Crippen LogP contribution >= 0.6 is 22.9 Å². The molecule has 3 nitrogen and oxygen atoms in total. The first-order valence-corrected chi connectivity index (χ1v) is 4.71. The minimum atomic E-state index is -0.975. The number of hydrogen-bond acceptors (Lipinski definition) is 3. The van der Waals surface area contributed by atoms with Gasteiger partial charge in [-0.25, -0.2) is 9.78 Å². The van der Waals surface area contributed by atoms with E-state index in [9.17, 15) is 4.79 Å². The van der Waals surface area contributed by atoms with Gasteiger partial charge < -0.3 is 5.11 Å². The fourth-order valence-electron chi connectivity index (χ4n) is 1.08. The van der Waals surface area contributed by atoms with Crippen molar-refractivity contribution < 1.29 is 9.90 Å². The maximum atomic E-state index is 10.8. The van der Waals surface area contributed by atoms with Crippen LogP contribution in [0.5, 0.6) is 0 Å². The average Bonchev–Trinajstić information content (AvgIpc) is 2.49. The van der Waals surface area contributed by atoms with Gasteiger partial charge in [-0.2, -0.15) is 0 Å². The van der Waals surface area contributed by atoms with Gasteiger partial charge in [0, 0.05) is 0 Å². The van der Waals surface area contributed by atoms with Crippen molar-refractivity contribution in [2.75, 3.05) is 0 Å². The first-order chi connectivity index (χ1) is 6.18. The summed E-state index contributed by atoms with van der Waals surface area (Å²) in [5.41, 5.74) is 0.847. The van der Waals surface area contributed by atoms with Crippen molar-refractivity contribution in [2.24, 2.45) is 0 Å². The number of hydrogen-bond donors (Lipinski definition) is 1. The first kappa shape index (κ1) is 8.47. The number of carboxylic acids is 1. The molecule has 1 N–H and O–H groups in total. The third-order valence-electron chi connectivity index (χ3n) is 1.61. The molecule has 5 heteroatoms. The van der Waals surface area contributed by atoms with Gasteiger partial charge in [-0.3, -0.25) is 0 Å². The van der Waals surface area contributed by atoms with Crippen LogP contribution in [0.2, 0.25) is 5.15 Å². The number of fused-ring (bicyclic) bond motifs is 1. The van der Waals surface area contributed by atoms with Gasteiger partial charge in [-0.1, -0.05) is 11.6 Å². The highest BCUT2D eigenvalue weighted by Gasteiger charge is 2.11. The standard InChI is InChI=1S/C8H4ClNO2S/c9-6-3-4(8(11)12)7-5(10-6)1-2-13-7/h1-3H,(H,11,12). The van der Waals surface area contributed by atoms with Gasteiger partial charge in [0.15, 0.2) is 0 Å². The van der Waals surface area contributed by atoms with Crippen molar-refractivity contribution >= 4 is 39.1 Å². The Morgan fingerprint density at radius 3 is 3.08 bits per heavy atom. The Morgan fingerprint density at radius 2 is 2.38 bits per heavy atom. The molecule has 0 aliphatic heterocycles. The number of aromatic nitrogens is 1. The highest BCUT2D eigenvalue weighted by molar-refractivity contribution is 7.17. The number of thiophene rings is 1. The SMILES string of the molecule is O=C(O)c1cc(Cl)nc2ccsc12. The highest BCUT2D eigenvalue weighted by atomic mass is 35.5. The third-order valence-corrected chi connectivity index (χ3v) is 2.74. The predicted molar refractivity (Wildman–Crippen MR) is 51.6 cm³/mol. The van der Waals surface area contributed by atoms with Gasteiger partial charge in [0.05, 0.1) is 15.8 Å². The summed E-state index contributed by atoms with van der Waals surface area (Å²) >= 11 is 7.00. The molecule has 0 bridgehead atoms. The molecule has 2 aromatic rings. The van der Waals surface area contributed by atoms with Gasteiger partial charge in [-0.05, 0) is 17.5 Å². The third kappa shape index (κ3) is 1.38. The molecule has 2 heterocycles. The van der Waals surface area contributed by atoms with E-state index in [1.54, 1.807) is 11.4 Å². The van der Waals surface area contributed by atoms with Gasteiger partial charge in [0.1, 0.15) is 5.15 Å². The number of pyridine rings is 1. The van der Waals surface area contributed by atoms with Crippen LogP contribution in [0.1, 0.15) is 10.4 Å². The summed E-state index contributed by atoms with van der Waals surface area (Å²) in [5.74, 6) is -0.975. The Labute approximate surface area is 82.6 Å².